The lowest BCUT2D eigenvalue weighted by atomic mass is 10.1. The van der Waals surface area contributed by atoms with Crippen LogP contribution in [0.4, 0.5) is 14.5 Å². The molecule has 6 heteroatoms. The van der Waals surface area contributed by atoms with Crippen LogP contribution in [-0.2, 0) is 0 Å². The van der Waals surface area contributed by atoms with Gasteiger partial charge in [-0.25, -0.2) is 8.78 Å². The molecular weight excluding hydrogens is 240 g/mol. The molecule has 0 fully saturated rings. The third kappa shape index (κ3) is 3.96. The Hall–Kier alpha value is -1.69. The van der Waals surface area contributed by atoms with Gasteiger partial charge in [0, 0.05) is 12.1 Å². The molecule has 0 atom stereocenters. The maximum Gasteiger partial charge on any atom is 0.251 e. The highest BCUT2D eigenvalue weighted by molar-refractivity contribution is 5.94. The molecule has 100 valence electrons. The van der Waals surface area contributed by atoms with Gasteiger partial charge in [-0.05, 0) is 39.2 Å². The average molecular weight is 257 g/mol. The number of hydrogen-bond acceptors (Lipinski definition) is 3. The largest absolute Gasteiger partial charge is 0.394 e. The first kappa shape index (κ1) is 14.4. The summed E-state index contributed by atoms with van der Waals surface area (Å²) in [4.78, 5) is 13.6. The van der Waals surface area contributed by atoms with E-state index in [9.17, 15) is 13.6 Å². The van der Waals surface area contributed by atoms with Crippen LogP contribution in [0.2, 0.25) is 0 Å². The van der Waals surface area contributed by atoms with Crippen LogP contribution in [0.15, 0.2) is 12.1 Å². The molecule has 18 heavy (non-hydrogen) atoms. The summed E-state index contributed by atoms with van der Waals surface area (Å²) in [7, 11) is 3.85. The molecule has 0 aliphatic carbocycles. The molecular formula is C12H17F2N3O. The number of hydrogen-bond donors (Lipinski definition) is 2. The number of nitrogens with one attached hydrogen (secondary N) is 1. The molecule has 1 rings (SSSR count). The summed E-state index contributed by atoms with van der Waals surface area (Å²) < 4.78 is 26.3. The lowest BCUT2D eigenvalue weighted by Crippen LogP contribution is -2.27. The van der Waals surface area contributed by atoms with E-state index in [0.29, 0.717) is 6.54 Å². The molecule has 0 heterocycles. The minimum Gasteiger partial charge on any atom is -0.394 e. The van der Waals surface area contributed by atoms with Crippen molar-refractivity contribution in [1.82, 2.24) is 10.2 Å². The number of rotatable bonds is 5. The number of nitrogen functional groups attached to an aromatic ring is 1. The van der Waals surface area contributed by atoms with Gasteiger partial charge in [0.1, 0.15) is 17.3 Å². The summed E-state index contributed by atoms with van der Waals surface area (Å²) in [6.45, 7) is 1.27. The van der Waals surface area contributed by atoms with Crippen molar-refractivity contribution in [3.63, 3.8) is 0 Å². The number of nitrogens with two attached hydrogens (primary N) is 1. The minimum atomic E-state index is -0.923. The second kappa shape index (κ2) is 6.30. The molecule has 0 aliphatic rings. The SMILES string of the molecule is CN(C)CCCNC(=O)c1cc(F)c(N)c(F)c1. The van der Waals surface area contributed by atoms with Gasteiger partial charge in [-0.2, -0.15) is 0 Å². The molecule has 1 aromatic rings. The molecule has 0 spiro atoms. The monoisotopic (exact) mass is 257 g/mol. The first-order chi connectivity index (χ1) is 8.41. The number of anilines is 1. The molecule has 1 amide bonds. The number of amides is 1. The second-order valence-corrected chi connectivity index (χ2v) is 4.27. The lowest BCUT2D eigenvalue weighted by molar-refractivity contribution is 0.0951. The summed E-state index contributed by atoms with van der Waals surface area (Å²) in [5.41, 5.74) is 4.48. The van der Waals surface area contributed by atoms with E-state index in [0.717, 1.165) is 25.1 Å². The fraction of sp³-hybridized carbons (Fsp3) is 0.417. The zero-order chi connectivity index (χ0) is 13.7. The zero-order valence-electron chi connectivity index (χ0n) is 10.5. The molecule has 0 saturated heterocycles. The maximum absolute atomic E-state index is 13.1. The van der Waals surface area contributed by atoms with Gasteiger partial charge in [0.15, 0.2) is 0 Å². The first-order valence-electron chi connectivity index (χ1n) is 5.59. The fourth-order valence-electron chi connectivity index (χ4n) is 1.41. The Morgan fingerprint density at radius 2 is 1.89 bits per heavy atom. The fourth-order valence-corrected chi connectivity index (χ4v) is 1.41. The maximum atomic E-state index is 13.1. The third-order valence-corrected chi connectivity index (χ3v) is 2.41. The molecule has 0 unspecified atom stereocenters. The van der Waals surface area contributed by atoms with E-state index in [1.165, 1.54) is 0 Å². The van der Waals surface area contributed by atoms with E-state index in [2.05, 4.69) is 5.32 Å². The van der Waals surface area contributed by atoms with Crippen molar-refractivity contribution < 1.29 is 13.6 Å². The molecule has 4 nitrogen and oxygen atoms in total. The number of nitrogens with zero attached hydrogens (tertiary/aromatic N) is 1. The van der Waals surface area contributed by atoms with Crippen LogP contribution in [0.5, 0.6) is 0 Å². The molecule has 0 aromatic heterocycles. The summed E-state index contributed by atoms with van der Waals surface area (Å²) in [5.74, 6) is -2.35. The number of halogens is 2. The highest BCUT2D eigenvalue weighted by Crippen LogP contribution is 2.17. The second-order valence-electron chi connectivity index (χ2n) is 4.27. The van der Waals surface area contributed by atoms with Crippen molar-refractivity contribution in [3.8, 4) is 0 Å². The summed E-state index contributed by atoms with van der Waals surface area (Å²) >= 11 is 0. The summed E-state index contributed by atoms with van der Waals surface area (Å²) in [6.07, 6.45) is 0.763. The normalized spacial score (nSPS) is 10.7. The van der Waals surface area contributed by atoms with Gasteiger partial charge in [0.05, 0.1) is 0 Å². The quantitative estimate of drug-likeness (QED) is 0.616. The smallest absolute Gasteiger partial charge is 0.251 e. The van der Waals surface area contributed by atoms with E-state index in [1.807, 2.05) is 19.0 Å². The van der Waals surface area contributed by atoms with Gasteiger partial charge < -0.3 is 16.0 Å². The van der Waals surface area contributed by atoms with Gasteiger partial charge in [-0.3, -0.25) is 4.79 Å². The molecule has 0 aliphatic heterocycles. The van der Waals surface area contributed by atoms with Crippen molar-refractivity contribution in [2.75, 3.05) is 32.9 Å². The zero-order valence-corrected chi connectivity index (χ0v) is 10.5. The van der Waals surface area contributed by atoms with Crippen LogP contribution in [0, 0.1) is 11.6 Å². The van der Waals surface area contributed by atoms with E-state index < -0.39 is 23.2 Å². The van der Waals surface area contributed by atoms with E-state index in [4.69, 9.17) is 5.73 Å². The lowest BCUT2D eigenvalue weighted by Gasteiger charge is -2.10. The highest BCUT2D eigenvalue weighted by Gasteiger charge is 2.12. The Morgan fingerprint density at radius 3 is 2.39 bits per heavy atom. The van der Waals surface area contributed by atoms with Gasteiger partial charge in [0.25, 0.3) is 5.91 Å². The topological polar surface area (TPSA) is 58.4 Å². The molecule has 0 radical (unpaired) electrons. The van der Waals surface area contributed by atoms with Crippen molar-refractivity contribution >= 4 is 11.6 Å². The van der Waals surface area contributed by atoms with Crippen LogP contribution in [-0.4, -0.2) is 38.0 Å². The Morgan fingerprint density at radius 1 is 1.33 bits per heavy atom. The van der Waals surface area contributed by atoms with Crippen LogP contribution in [0.3, 0.4) is 0 Å². The Balaban J connectivity index is 2.57. The summed E-state index contributed by atoms with van der Waals surface area (Å²) in [5, 5.41) is 2.59. The minimum absolute atomic E-state index is 0.0657. The molecule has 0 saturated carbocycles. The number of carbonyl (C=O) groups excluding carboxylic acids is 1. The van der Waals surface area contributed by atoms with Crippen molar-refractivity contribution in [2.45, 2.75) is 6.42 Å². The van der Waals surface area contributed by atoms with Gasteiger partial charge >= 0.3 is 0 Å². The standard InChI is InChI=1S/C12H17F2N3O/c1-17(2)5-3-4-16-12(18)8-6-9(13)11(15)10(14)7-8/h6-7H,3-5,15H2,1-2H3,(H,16,18). The van der Waals surface area contributed by atoms with E-state index >= 15 is 0 Å². The van der Waals surface area contributed by atoms with Crippen LogP contribution in [0.25, 0.3) is 0 Å². The van der Waals surface area contributed by atoms with Gasteiger partial charge in [-0.1, -0.05) is 0 Å². The molecule has 0 bridgehead atoms. The summed E-state index contributed by atoms with van der Waals surface area (Å²) in [6, 6.07) is 1.86. The number of carbonyl (C=O) groups is 1. The van der Waals surface area contributed by atoms with Gasteiger partial charge in [-0.15, -0.1) is 0 Å². The van der Waals surface area contributed by atoms with Crippen LogP contribution in [0.1, 0.15) is 16.8 Å². The predicted octanol–water partition coefficient (Wildman–Crippen LogP) is 1.23. The molecule has 3 N–H and O–H groups in total. The number of benzene rings is 1. The highest BCUT2D eigenvalue weighted by atomic mass is 19.1. The van der Waals surface area contributed by atoms with E-state index in [1.54, 1.807) is 0 Å². The Labute approximate surface area is 105 Å². The Bertz CT molecular complexity index is 412. The average Bonchev–Trinajstić information content (AvgIpc) is 2.30. The van der Waals surface area contributed by atoms with Gasteiger partial charge in [0.2, 0.25) is 0 Å². The van der Waals surface area contributed by atoms with Crippen molar-refractivity contribution in [1.29, 1.82) is 0 Å². The van der Waals surface area contributed by atoms with Crippen LogP contribution >= 0.6 is 0 Å². The van der Waals surface area contributed by atoms with E-state index in [-0.39, 0.29) is 5.56 Å². The Kier molecular flexibility index (Phi) is 5.03. The van der Waals surface area contributed by atoms with Crippen molar-refractivity contribution in [2.24, 2.45) is 0 Å². The molecule has 1 aromatic carbocycles. The first-order valence-corrected chi connectivity index (χ1v) is 5.59. The third-order valence-electron chi connectivity index (χ3n) is 2.41. The van der Waals surface area contributed by atoms with Crippen LogP contribution < -0.4 is 11.1 Å². The van der Waals surface area contributed by atoms with Crippen molar-refractivity contribution in [3.05, 3.63) is 29.3 Å². The predicted molar refractivity (Wildman–Crippen MR) is 66.3 cm³/mol.